The van der Waals surface area contributed by atoms with E-state index in [0.29, 0.717) is 25.2 Å². The van der Waals surface area contributed by atoms with Gasteiger partial charge in [0, 0.05) is 18.8 Å². The summed E-state index contributed by atoms with van der Waals surface area (Å²) in [5.41, 5.74) is 1.47. The van der Waals surface area contributed by atoms with Crippen LogP contribution in [0.2, 0.25) is 0 Å². The van der Waals surface area contributed by atoms with E-state index >= 15 is 0 Å². The van der Waals surface area contributed by atoms with Crippen LogP contribution in [-0.2, 0) is 9.59 Å². The molecule has 2 atom stereocenters. The first-order chi connectivity index (χ1) is 7.93. The van der Waals surface area contributed by atoms with Crippen LogP contribution in [-0.4, -0.2) is 12.1 Å². The Morgan fingerprint density at radius 1 is 1.59 bits per heavy atom. The molecule has 0 amide bonds. The van der Waals surface area contributed by atoms with Gasteiger partial charge in [0.05, 0.1) is 0 Å². The second-order valence-electron chi connectivity index (χ2n) is 5.68. The van der Waals surface area contributed by atoms with Gasteiger partial charge in [-0.15, -0.1) is 0 Å². The van der Waals surface area contributed by atoms with Gasteiger partial charge < -0.3 is 4.79 Å². The number of hydrogen-bond donors (Lipinski definition) is 0. The zero-order chi connectivity index (χ0) is 13.1. The molecule has 0 heterocycles. The molecule has 2 heteroatoms. The molecule has 0 spiro atoms. The van der Waals surface area contributed by atoms with Crippen molar-refractivity contribution in [2.24, 2.45) is 17.3 Å². The first-order valence-electron chi connectivity index (χ1n) is 6.57. The summed E-state index contributed by atoms with van der Waals surface area (Å²) in [6, 6.07) is 0. The SMILES string of the molecule is CCC(=O)CCC(C=O)[C@@H]1CC=C(C)C1(C)C. The van der Waals surface area contributed by atoms with E-state index in [1.54, 1.807) is 0 Å². The predicted octanol–water partition coefficient (Wildman–Crippen LogP) is 3.55. The van der Waals surface area contributed by atoms with Gasteiger partial charge in [-0.2, -0.15) is 0 Å². The van der Waals surface area contributed by atoms with E-state index in [2.05, 4.69) is 26.8 Å². The first-order valence-corrected chi connectivity index (χ1v) is 6.57. The molecule has 1 aliphatic rings. The molecule has 17 heavy (non-hydrogen) atoms. The molecule has 0 aromatic carbocycles. The van der Waals surface area contributed by atoms with Gasteiger partial charge >= 0.3 is 0 Å². The summed E-state index contributed by atoms with van der Waals surface area (Å²) in [6.07, 6.45) is 6.11. The smallest absolute Gasteiger partial charge is 0.132 e. The topological polar surface area (TPSA) is 34.1 Å². The van der Waals surface area contributed by atoms with Crippen molar-refractivity contribution in [1.82, 2.24) is 0 Å². The highest BCUT2D eigenvalue weighted by Crippen LogP contribution is 2.47. The number of hydrogen-bond acceptors (Lipinski definition) is 2. The van der Waals surface area contributed by atoms with Gasteiger partial charge in [0.2, 0.25) is 0 Å². The van der Waals surface area contributed by atoms with E-state index < -0.39 is 0 Å². The van der Waals surface area contributed by atoms with E-state index in [0.717, 1.165) is 12.7 Å². The van der Waals surface area contributed by atoms with Crippen LogP contribution in [0.25, 0.3) is 0 Å². The second-order valence-corrected chi connectivity index (χ2v) is 5.68. The van der Waals surface area contributed by atoms with Crippen LogP contribution in [0.4, 0.5) is 0 Å². The predicted molar refractivity (Wildman–Crippen MR) is 69.7 cm³/mol. The fourth-order valence-corrected chi connectivity index (χ4v) is 2.73. The third kappa shape index (κ3) is 3.05. The summed E-state index contributed by atoms with van der Waals surface area (Å²) >= 11 is 0. The molecule has 0 radical (unpaired) electrons. The first kappa shape index (κ1) is 14.1. The number of carbonyl (C=O) groups is 2. The Labute approximate surface area is 104 Å². The molecule has 0 saturated heterocycles. The van der Waals surface area contributed by atoms with Crippen molar-refractivity contribution in [3.05, 3.63) is 11.6 Å². The Balaban J connectivity index is 2.64. The third-order valence-corrected chi connectivity index (χ3v) is 4.46. The highest BCUT2D eigenvalue weighted by molar-refractivity contribution is 5.78. The van der Waals surface area contributed by atoms with Crippen molar-refractivity contribution >= 4 is 12.1 Å². The molecule has 0 bridgehead atoms. The number of allylic oxidation sites excluding steroid dienone is 2. The highest BCUT2D eigenvalue weighted by atomic mass is 16.1. The fraction of sp³-hybridized carbons (Fsp3) is 0.733. The van der Waals surface area contributed by atoms with Gasteiger partial charge in [-0.1, -0.05) is 32.4 Å². The van der Waals surface area contributed by atoms with Crippen molar-refractivity contribution in [3.8, 4) is 0 Å². The van der Waals surface area contributed by atoms with Crippen LogP contribution in [0.3, 0.4) is 0 Å². The van der Waals surface area contributed by atoms with E-state index in [1.165, 1.54) is 5.57 Å². The summed E-state index contributed by atoms with van der Waals surface area (Å²) < 4.78 is 0. The lowest BCUT2D eigenvalue weighted by Gasteiger charge is -2.33. The third-order valence-electron chi connectivity index (χ3n) is 4.46. The minimum atomic E-state index is 0.0224. The minimum absolute atomic E-state index is 0.0224. The Kier molecular flexibility index (Phi) is 4.67. The van der Waals surface area contributed by atoms with E-state index in [9.17, 15) is 9.59 Å². The lowest BCUT2D eigenvalue weighted by atomic mass is 9.70. The average Bonchev–Trinajstić information content (AvgIpc) is 2.56. The minimum Gasteiger partial charge on any atom is -0.303 e. The van der Waals surface area contributed by atoms with Gasteiger partial charge in [0.15, 0.2) is 0 Å². The summed E-state index contributed by atoms with van der Waals surface area (Å²) in [4.78, 5) is 22.6. The van der Waals surface area contributed by atoms with Crippen molar-refractivity contribution in [3.63, 3.8) is 0 Å². The molecule has 0 fully saturated rings. The maximum absolute atomic E-state index is 11.3. The van der Waals surface area contributed by atoms with Crippen LogP contribution < -0.4 is 0 Å². The number of aldehydes is 1. The van der Waals surface area contributed by atoms with Crippen molar-refractivity contribution in [2.75, 3.05) is 0 Å². The summed E-state index contributed by atoms with van der Waals surface area (Å²) in [6.45, 7) is 8.42. The highest BCUT2D eigenvalue weighted by Gasteiger charge is 2.39. The quantitative estimate of drug-likeness (QED) is 0.522. The van der Waals surface area contributed by atoms with Gasteiger partial charge in [-0.3, -0.25) is 4.79 Å². The molecular formula is C15H24O2. The molecule has 1 rings (SSSR count). The maximum Gasteiger partial charge on any atom is 0.132 e. The molecular weight excluding hydrogens is 212 g/mol. The fourth-order valence-electron chi connectivity index (χ4n) is 2.73. The van der Waals surface area contributed by atoms with Crippen LogP contribution >= 0.6 is 0 Å². The van der Waals surface area contributed by atoms with Crippen LogP contribution in [0.15, 0.2) is 11.6 Å². The molecule has 0 N–H and O–H groups in total. The molecule has 1 aliphatic carbocycles. The standard InChI is InChI=1S/C15H24O2/c1-5-13(17)8-7-12(10-16)14-9-6-11(2)15(14,3)4/h6,10,12,14H,5,7-9H2,1-4H3/t12?,14-/m0/s1. The zero-order valence-corrected chi connectivity index (χ0v) is 11.5. The van der Waals surface area contributed by atoms with E-state index in [-0.39, 0.29) is 17.1 Å². The Morgan fingerprint density at radius 2 is 2.24 bits per heavy atom. The van der Waals surface area contributed by atoms with Crippen molar-refractivity contribution < 1.29 is 9.59 Å². The normalized spacial score (nSPS) is 24.2. The largest absolute Gasteiger partial charge is 0.303 e. The van der Waals surface area contributed by atoms with Gasteiger partial charge in [0.1, 0.15) is 12.1 Å². The van der Waals surface area contributed by atoms with Gasteiger partial charge in [-0.05, 0) is 31.1 Å². The Bertz CT molecular complexity index is 326. The summed E-state index contributed by atoms with van der Waals surface area (Å²) in [5.74, 6) is 0.649. The molecule has 1 unspecified atom stereocenters. The number of ketones is 1. The molecule has 0 aromatic rings. The monoisotopic (exact) mass is 236 g/mol. The van der Waals surface area contributed by atoms with Gasteiger partial charge in [-0.25, -0.2) is 0 Å². The van der Waals surface area contributed by atoms with E-state index in [4.69, 9.17) is 0 Å². The Morgan fingerprint density at radius 3 is 2.65 bits per heavy atom. The molecule has 0 aromatic heterocycles. The number of rotatable bonds is 6. The molecule has 0 aliphatic heterocycles. The lowest BCUT2D eigenvalue weighted by Crippen LogP contribution is -2.29. The van der Waals surface area contributed by atoms with Crippen LogP contribution in [0, 0.1) is 17.3 Å². The number of Topliss-reactive ketones (excluding diaryl/α,β-unsaturated/α-hetero) is 1. The molecule has 2 nitrogen and oxygen atoms in total. The molecule has 0 saturated carbocycles. The van der Waals surface area contributed by atoms with Crippen molar-refractivity contribution in [2.45, 2.75) is 53.4 Å². The summed E-state index contributed by atoms with van der Waals surface area (Å²) in [7, 11) is 0. The van der Waals surface area contributed by atoms with Crippen LogP contribution in [0.5, 0.6) is 0 Å². The van der Waals surface area contributed by atoms with Crippen molar-refractivity contribution in [1.29, 1.82) is 0 Å². The maximum atomic E-state index is 11.3. The van der Waals surface area contributed by atoms with Crippen LogP contribution in [0.1, 0.15) is 53.4 Å². The number of carbonyl (C=O) groups excluding carboxylic acids is 2. The average molecular weight is 236 g/mol. The lowest BCUT2D eigenvalue weighted by molar-refractivity contribution is -0.119. The summed E-state index contributed by atoms with van der Waals surface area (Å²) in [5, 5.41) is 0. The Hall–Kier alpha value is -0.920. The zero-order valence-electron chi connectivity index (χ0n) is 11.5. The van der Waals surface area contributed by atoms with E-state index in [1.807, 2.05) is 6.92 Å². The van der Waals surface area contributed by atoms with Gasteiger partial charge in [0.25, 0.3) is 0 Å². The second kappa shape index (κ2) is 5.61. The molecule has 96 valence electrons.